The van der Waals surface area contributed by atoms with E-state index in [-0.39, 0.29) is 6.04 Å². The fourth-order valence-electron chi connectivity index (χ4n) is 1.90. The van der Waals surface area contributed by atoms with Gasteiger partial charge < -0.3 is 5.32 Å². The molecule has 0 aliphatic heterocycles. The van der Waals surface area contributed by atoms with Crippen molar-refractivity contribution in [3.05, 3.63) is 50.4 Å². The predicted octanol–water partition coefficient (Wildman–Crippen LogP) is 4.73. The van der Waals surface area contributed by atoms with Gasteiger partial charge in [-0.15, -0.1) is 11.3 Å². The summed E-state index contributed by atoms with van der Waals surface area (Å²) in [5.74, 6) is 0. The summed E-state index contributed by atoms with van der Waals surface area (Å²) in [4.78, 5) is 5.71. The lowest BCUT2D eigenvalue weighted by molar-refractivity contribution is 0.521. The van der Waals surface area contributed by atoms with Crippen molar-refractivity contribution in [2.75, 3.05) is 6.54 Å². The molecule has 0 aromatic carbocycles. The van der Waals surface area contributed by atoms with Crippen molar-refractivity contribution in [3.8, 4) is 0 Å². The summed E-state index contributed by atoms with van der Waals surface area (Å²) >= 11 is 13.9. The number of nitrogens with zero attached hydrogens (tertiary/aromatic N) is 1. The van der Waals surface area contributed by atoms with Gasteiger partial charge in [0.2, 0.25) is 0 Å². The first-order valence-corrected chi connectivity index (χ1v) is 7.91. The third-order valence-corrected chi connectivity index (χ3v) is 4.20. The van der Waals surface area contributed by atoms with Gasteiger partial charge >= 0.3 is 0 Å². The summed E-state index contributed by atoms with van der Waals surface area (Å²) < 4.78 is 0. The van der Waals surface area contributed by atoms with Crippen LogP contribution in [0.1, 0.15) is 30.0 Å². The van der Waals surface area contributed by atoms with Gasteiger partial charge in [-0.25, -0.2) is 0 Å². The van der Waals surface area contributed by atoms with Crippen molar-refractivity contribution in [1.82, 2.24) is 10.3 Å². The SMILES string of the molecule is CCCNC(Cc1cccs1)c1ncc(Cl)cc1Cl. The van der Waals surface area contributed by atoms with E-state index in [4.69, 9.17) is 23.2 Å². The van der Waals surface area contributed by atoms with E-state index in [9.17, 15) is 0 Å². The Balaban J connectivity index is 2.20. The number of rotatable bonds is 6. The Bertz CT molecular complexity index is 514. The highest BCUT2D eigenvalue weighted by atomic mass is 35.5. The highest BCUT2D eigenvalue weighted by molar-refractivity contribution is 7.09. The molecule has 2 heterocycles. The second kappa shape index (κ2) is 7.25. The highest BCUT2D eigenvalue weighted by Gasteiger charge is 2.17. The molecule has 0 fully saturated rings. The quantitative estimate of drug-likeness (QED) is 0.833. The number of pyridine rings is 1. The minimum absolute atomic E-state index is 0.128. The Labute approximate surface area is 127 Å². The highest BCUT2D eigenvalue weighted by Crippen LogP contribution is 2.27. The molecule has 0 saturated heterocycles. The molecule has 5 heteroatoms. The van der Waals surface area contributed by atoms with Crippen LogP contribution in [0, 0.1) is 0 Å². The van der Waals surface area contributed by atoms with E-state index >= 15 is 0 Å². The van der Waals surface area contributed by atoms with Crippen molar-refractivity contribution in [2.24, 2.45) is 0 Å². The maximum absolute atomic E-state index is 6.26. The molecule has 1 atom stereocenters. The van der Waals surface area contributed by atoms with E-state index in [1.54, 1.807) is 23.6 Å². The van der Waals surface area contributed by atoms with Gasteiger partial charge in [0, 0.05) is 17.5 Å². The summed E-state index contributed by atoms with van der Waals surface area (Å²) in [6, 6.07) is 6.08. The smallest absolute Gasteiger partial charge is 0.0763 e. The number of thiophene rings is 1. The van der Waals surface area contributed by atoms with Crippen LogP contribution in [0.3, 0.4) is 0 Å². The van der Waals surface area contributed by atoms with Crippen LogP contribution in [-0.4, -0.2) is 11.5 Å². The lowest BCUT2D eigenvalue weighted by Crippen LogP contribution is -2.25. The summed E-state index contributed by atoms with van der Waals surface area (Å²) in [6.07, 6.45) is 3.62. The Kier molecular flexibility index (Phi) is 5.64. The zero-order valence-electron chi connectivity index (χ0n) is 10.7. The van der Waals surface area contributed by atoms with E-state index in [1.807, 2.05) is 0 Å². The Hall–Kier alpha value is -0.610. The molecule has 2 aromatic heterocycles. The number of hydrogen-bond donors (Lipinski definition) is 1. The molecule has 2 nitrogen and oxygen atoms in total. The first kappa shape index (κ1) is 14.8. The molecule has 1 N–H and O–H groups in total. The minimum atomic E-state index is 0.128. The minimum Gasteiger partial charge on any atom is -0.308 e. The van der Waals surface area contributed by atoms with Gasteiger partial charge in [0.15, 0.2) is 0 Å². The van der Waals surface area contributed by atoms with Gasteiger partial charge in [0.1, 0.15) is 0 Å². The lowest BCUT2D eigenvalue weighted by Gasteiger charge is -2.18. The molecule has 0 aliphatic rings. The Morgan fingerprint density at radius 3 is 2.89 bits per heavy atom. The van der Waals surface area contributed by atoms with E-state index in [1.165, 1.54) is 4.88 Å². The maximum Gasteiger partial charge on any atom is 0.0763 e. The average Bonchev–Trinajstić information content (AvgIpc) is 2.88. The van der Waals surface area contributed by atoms with Gasteiger partial charge in [-0.1, -0.05) is 36.2 Å². The van der Waals surface area contributed by atoms with Crippen LogP contribution >= 0.6 is 34.5 Å². The van der Waals surface area contributed by atoms with Crippen molar-refractivity contribution < 1.29 is 0 Å². The zero-order chi connectivity index (χ0) is 13.7. The van der Waals surface area contributed by atoms with Gasteiger partial charge in [-0.3, -0.25) is 4.98 Å². The number of halogens is 2. The molecular formula is C14H16Cl2N2S. The molecule has 0 radical (unpaired) electrons. The molecule has 0 aliphatic carbocycles. The molecule has 19 heavy (non-hydrogen) atoms. The van der Waals surface area contributed by atoms with Gasteiger partial charge in [-0.05, 0) is 30.5 Å². The molecule has 1 unspecified atom stereocenters. The number of nitrogens with one attached hydrogen (secondary N) is 1. The Morgan fingerprint density at radius 1 is 1.42 bits per heavy atom. The lowest BCUT2D eigenvalue weighted by atomic mass is 10.1. The fourth-order valence-corrected chi connectivity index (χ4v) is 3.16. The average molecular weight is 315 g/mol. The van der Waals surface area contributed by atoms with Gasteiger partial charge in [0.05, 0.1) is 21.8 Å². The van der Waals surface area contributed by atoms with Crippen LogP contribution in [0.4, 0.5) is 0 Å². The summed E-state index contributed by atoms with van der Waals surface area (Å²) in [6.45, 7) is 3.09. The molecule has 102 valence electrons. The van der Waals surface area contributed by atoms with E-state index in [2.05, 4.69) is 34.7 Å². The number of hydrogen-bond acceptors (Lipinski definition) is 3. The third-order valence-electron chi connectivity index (χ3n) is 2.79. The van der Waals surface area contributed by atoms with Crippen LogP contribution in [0.25, 0.3) is 0 Å². The van der Waals surface area contributed by atoms with E-state index in [0.29, 0.717) is 10.0 Å². The van der Waals surface area contributed by atoms with E-state index < -0.39 is 0 Å². The molecule has 0 saturated carbocycles. The Morgan fingerprint density at radius 2 is 2.26 bits per heavy atom. The van der Waals surface area contributed by atoms with Crippen LogP contribution in [0.2, 0.25) is 10.0 Å². The third kappa shape index (κ3) is 4.18. The van der Waals surface area contributed by atoms with Crippen molar-refractivity contribution in [3.63, 3.8) is 0 Å². The molecule has 2 rings (SSSR count). The molecule has 0 bridgehead atoms. The standard InChI is InChI=1S/C14H16Cl2N2S/c1-2-5-17-13(8-11-4-3-6-19-11)14-12(16)7-10(15)9-18-14/h3-4,6-7,9,13,17H,2,5,8H2,1H3. The van der Waals surface area contributed by atoms with Crippen LogP contribution in [-0.2, 0) is 6.42 Å². The molecule has 2 aromatic rings. The first-order valence-electron chi connectivity index (χ1n) is 6.27. The normalized spacial score (nSPS) is 12.6. The maximum atomic E-state index is 6.26. The first-order chi connectivity index (χ1) is 9.20. The largest absolute Gasteiger partial charge is 0.308 e. The van der Waals surface area contributed by atoms with Crippen molar-refractivity contribution in [2.45, 2.75) is 25.8 Å². The van der Waals surface area contributed by atoms with Gasteiger partial charge in [0.25, 0.3) is 0 Å². The monoisotopic (exact) mass is 314 g/mol. The van der Waals surface area contributed by atoms with E-state index in [0.717, 1.165) is 25.1 Å². The summed E-state index contributed by atoms with van der Waals surface area (Å²) in [5.41, 5.74) is 0.868. The van der Waals surface area contributed by atoms with Crippen molar-refractivity contribution >= 4 is 34.5 Å². The second-order valence-corrected chi connectivity index (χ2v) is 6.19. The molecular weight excluding hydrogens is 299 g/mol. The number of aromatic nitrogens is 1. The fraction of sp³-hybridized carbons (Fsp3) is 0.357. The summed E-state index contributed by atoms with van der Waals surface area (Å²) in [7, 11) is 0. The summed E-state index contributed by atoms with van der Waals surface area (Å²) in [5, 5.41) is 6.78. The topological polar surface area (TPSA) is 24.9 Å². The van der Waals surface area contributed by atoms with Gasteiger partial charge in [-0.2, -0.15) is 0 Å². The molecule has 0 spiro atoms. The van der Waals surface area contributed by atoms with Crippen LogP contribution in [0.5, 0.6) is 0 Å². The molecule has 0 amide bonds. The van der Waals surface area contributed by atoms with Crippen LogP contribution in [0.15, 0.2) is 29.8 Å². The zero-order valence-corrected chi connectivity index (χ0v) is 13.0. The predicted molar refractivity (Wildman–Crippen MR) is 83.3 cm³/mol. The van der Waals surface area contributed by atoms with Crippen LogP contribution < -0.4 is 5.32 Å². The second-order valence-electron chi connectivity index (χ2n) is 4.31. The van der Waals surface area contributed by atoms with Crippen molar-refractivity contribution in [1.29, 1.82) is 0 Å².